The van der Waals surface area contributed by atoms with Crippen molar-refractivity contribution in [2.75, 3.05) is 6.54 Å². The SMILES string of the molecule is CC(C)(C)OC(=O)C(C)(C)CC1=CC=NCC1. The molecule has 17 heavy (non-hydrogen) atoms. The molecule has 1 aliphatic heterocycles. The maximum atomic E-state index is 12.1. The van der Waals surface area contributed by atoms with Gasteiger partial charge in [0.25, 0.3) is 0 Å². The van der Waals surface area contributed by atoms with Crippen LogP contribution in [0.15, 0.2) is 16.6 Å². The lowest BCUT2D eigenvalue weighted by atomic mass is 9.84. The average molecular weight is 237 g/mol. The van der Waals surface area contributed by atoms with Gasteiger partial charge in [-0.15, -0.1) is 0 Å². The van der Waals surface area contributed by atoms with Crippen LogP contribution in [-0.4, -0.2) is 24.3 Å². The molecule has 3 heteroatoms. The Labute approximate surface area is 104 Å². The Balaban J connectivity index is 2.64. The van der Waals surface area contributed by atoms with Gasteiger partial charge in [-0.05, 0) is 53.5 Å². The zero-order valence-corrected chi connectivity index (χ0v) is 11.5. The van der Waals surface area contributed by atoms with Gasteiger partial charge in [0.05, 0.1) is 5.41 Å². The summed E-state index contributed by atoms with van der Waals surface area (Å²) in [6.07, 6.45) is 5.52. The Morgan fingerprint density at radius 1 is 1.35 bits per heavy atom. The fourth-order valence-electron chi connectivity index (χ4n) is 1.73. The number of carbonyl (C=O) groups is 1. The summed E-state index contributed by atoms with van der Waals surface area (Å²) in [7, 11) is 0. The molecule has 1 heterocycles. The first kappa shape index (κ1) is 13.9. The molecule has 0 aromatic heterocycles. The van der Waals surface area contributed by atoms with Crippen LogP contribution in [0, 0.1) is 5.41 Å². The Kier molecular flexibility index (Phi) is 4.12. The van der Waals surface area contributed by atoms with Gasteiger partial charge in [-0.25, -0.2) is 0 Å². The number of ether oxygens (including phenoxy) is 1. The van der Waals surface area contributed by atoms with E-state index in [0.29, 0.717) is 0 Å². The molecule has 0 amide bonds. The van der Waals surface area contributed by atoms with Crippen molar-refractivity contribution >= 4 is 12.2 Å². The lowest BCUT2D eigenvalue weighted by Crippen LogP contribution is -2.34. The third-order valence-corrected chi connectivity index (χ3v) is 2.60. The highest BCUT2D eigenvalue weighted by atomic mass is 16.6. The fraction of sp³-hybridized carbons (Fsp3) is 0.714. The maximum absolute atomic E-state index is 12.1. The molecular weight excluding hydrogens is 214 g/mol. The largest absolute Gasteiger partial charge is 0.460 e. The van der Waals surface area contributed by atoms with Gasteiger partial charge in [0, 0.05) is 12.8 Å². The van der Waals surface area contributed by atoms with Crippen LogP contribution < -0.4 is 0 Å². The maximum Gasteiger partial charge on any atom is 0.312 e. The number of allylic oxidation sites excluding steroid dienone is 1. The Hall–Kier alpha value is -1.12. The average Bonchev–Trinajstić information content (AvgIpc) is 2.15. The van der Waals surface area contributed by atoms with Crippen molar-refractivity contribution in [3.8, 4) is 0 Å². The molecule has 1 rings (SSSR count). The minimum absolute atomic E-state index is 0.131. The second-order valence-electron chi connectivity index (χ2n) is 6.19. The second-order valence-corrected chi connectivity index (χ2v) is 6.19. The standard InChI is InChI=1S/C14H23NO2/c1-13(2,3)17-12(16)14(4,5)10-11-6-8-15-9-7-11/h6,8H,7,9-10H2,1-5H3. The molecule has 0 bridgehead atoms. The van der Waals surface area contributed by atoms with Crippen molar-refractivity contribution in [3.05, 3.63) is 11.6 Å². The third kappa shape index (κ3) is 4.72. The Bertz CT molecular complexity index is 346. The van der Waals surface area contributed by atoms with Crippen LogP contribution in [0.1, 0.15) is 47.5 Å². The summed E-state index contributed by atoms with van der Waals surface area (Å²) in [5.41, 5.74) is 0.386. The quantitative estimate of drug-likeness (QED) is 0.707. The molecule has 0 unspecified atom stereocenters. The van der Waals surface area contributed by atoms with E-state index in [2.05, 4.69) is 4.99 Å². The van der Waals surface area contributed by atoms with Crippen molar-refractivity contribution in [2.24, 2.45) is 10.4 Å². The number of aliphatic imine (C=N–C) groups is 1. The molecule has 0 spiro atoms. The number of nitrogens with zero attached hydrogens (tertiary/aromatic N) is 1. The molecule has 96 valence electrons. The molecule has 1 aliphatic rings. The van der Waals surface area contributed by atoms with Crippen LogP contribution in [0.5, 0.6) is 0 Å². The Morgan fingerprint density at radius 2 is 2.00 bits per heavy atom. The highest BCUT2D eigenvalue weighted by molar-refractivity contribution is 5.78. The summed E-state index contributed by atoms with van der Waals surface area (Å²) < 4.78 is 5.44. The first-order chi connectivity index (χ1) is 7.71. The zero-order valence-electron chi connectivity index (χ0n) is 11.5. The highest BCUT2D eigenvalue weighted by Gasteiger charge is 2.33. The minimum Gasteiger partial charge on any atom is -0.460 e. The van der Waals surface area contributed by atoms with E-state index in [9.17, 15) is 4.79 Å². The predicted octanol–water partition coefficient (Wildman–Crippen LogP) is 3.15. The van der Waals surface area contributed by atoms with Crippen molar-refractivity contribution in [1.82, 2.24) is 0 Å². The second kappa shape index (κ2) is 5.03. The van der Waals surface area contributed by atoms with Crippen LogP contribution in [0.4, 0.5) is 0 Å². The van der Waals surface area contributed by atoms with E-state index < -0.39 is 11.0 Å². The van der Waals surface area contributed by atoms with Gasteiger partial charge in [-0.2, -0.15) is 0 Å². The molecule has 0 atom stereocenters. The van der Waals surface area contributed by atoms with Gasteiger partial charge >= 0.3 is 5.97 Å². The van der Waals surface area contributed by atoms with Crippen molar-refractivity contribution in [1.29, 1.82) is 0 Å². The summed E-state index contributed by atoms with van der Waals surface area (Å²) in [5, 5.41) is 0. The van der Waals surface area contributed by atoms with Crippen molar-refractivity contribution in [3.63, 3.8) is 0 Å². The molecular formula is C14H23NO2. The fourth-order valence-corrected chi connectivity index (χ4v) is 1.73. The van der Waals surface area contributed by atoms with Gasteiger partial charge in [-0.1, -0.05) is 5.57 Å². The van der Waals surface area contributed by atoms with Gasteiger partial charge in [0.1, 0.15) is 5.60 Å². The molecule has 0 saturated carbocycles. The first-order valence-corrected chi connectivity index (χ1v) is 6.12. The number of hydrogen-bond donors (Lipinski definition) is 0. The van der Waals surface area contributed by atoms with Crippen molar-refractivity contribution < 1.29 is 9.53 Å². The molecule has 0 fully saturated rings. The summed E-state index contributed by atoms with van der Waals surface area (Å²) in [4.78, 5) is 16.2. The van der Waals surface area contributed by atoms with E-state index in [0.717, 1.165) is 19.4 Å². The molecule has 0 N–H and O–H groups in total. The van der Waals surface area contributed by atoms with Gasteiger partial charge in [-0.3, -0.25) is 9.79 Å². The van der Waals surface area contributed by atoms with E-state index in [-0.39, 0.29) is 5.97 Å². The summed E-state index contributed by atoms with van der Waals surface area (Å²) in [5.74, 6) is -0.131. The topological polar surface area (TPSA) is 38.7 Å². The third-order valence-electron chi connectivity index (χ3n) is 2.60. The van der Waals surface area contributed by atoms with Gasteiger partial charge in [0.2, 0.25) is 0 Å². The summed E-state index contributed by atoms with van der Waals surface area (Å²) >= 11 is 0. The normalized spacial score (nSPS) is 16.6. The van der Waals surface area contributed by atoms with E-state index in [1.807, 2.05) is 46.9 Å². The number of hydrogen-bond acceptors (Lipinski definition) is 3. The number of carbonyl (C=O) groups excluding carboxylic acids is 1. The Morgan fingerprint density at radius 3 is 2.47 bits per heavy atom. The number of rotatable bonds is 3. The molecule has 0 aromatic rings. The lowest BCUT2D eigenvalue weighted by Gasteiger charge is -2.29. The van der Waals surface area contributed by atoms with E-state index >= 15 is 0 Å². The van der Waals surface area contributed by atoms with E-state index in [1.54, 1.807) is 0 Å². The first-order valence-electron chi connectivity index (χ1n) is 6.12. The van der Waals surface area contributed by atoms with Gasteiger partial charge < -0.3 is 4.74 Å². The van der Waals surface area contributed by atoms with E-state index in [1.165, 1.54) is 5.57 Å². The smallest absolute Gasteiger partial charge is 0.312 e. The molecule has 0 aliphatic carbocycles. The highest BCUT2D eigenvalue weighted by Crippen LogP contribution is 2.30. The van der Waals surface area contributed by atoms with Crippen LogP contribution in [0.3, 0.4) is 0 Å². The number of dihydropyridines is 1. The van der Waals surface area contributed by atoms with Crippen molar-refractivity contribution in [2.45, 2.75) is 53.1 Å². The zero-order chi connectivity index (χ0) is 13.1. The van der Waals surface area contributed by atoms with Crippen LogP contribution in [-0.2, 0) is 9.53 Å². The van der Waals surface area contributed by atoms with Crippen LogP contribution in [0.25, 0.3) is 0 Å². The minimum atomic E-state index is -0.468. The van der Waals surface area contributed by atoms with Gasteiger partial charge in [0.15, 0.2) is 0 Å². The molecule has 0 radical (unpaired) electrons. The monoisotopic (exact) mass is 237 g/mol. The predicted molar refractivity (Wildman–Crippen MR) is 70.3 cm³/mol. The summed E-state index contributed by atoms with van der Waals surface area (Å²) in [6.45, 7) is 10.4. The molecule has 0 aromatic carbocycles. The van der Waals surface area contributed by atoms with E-state index in [4.69, 9.17) is 4.74 Å². The van der Waals surface area contributed by atoms with Crippen LogP contribution in [0.2, 0.25) is 0 Å². The number of esters is 1. The molecule has 3 nitrogen and oxygen atoms in total. The summed E-state index contributed by atoms with van der Waals surface area (Å²) in [6, 6.07) is 0. The molecule has 0 saturated heterocycles. The van der Waals surface area contributed by atoms with Crippen LogP contribution >= 0.6 is 0 Å². The lowest BCUT2D eigenvalue weighted by molar-refractivity contribution is -0.165.